The number of pyridine rings is 3. The molecule has 2 saturated carbocycles. The van der Waals surface area contributed by atoms with E-state index in [1.54, 1.807) is 12.1 Å². The van der Waals surface area contributed by atoms with E-state index in [1.165, 1.54) is 6.42 Å². The minimum Gasteiger partial charge on any atom is -0.474 e. The zero-order chi connectivity index (χ0) is 24.4. The fraction of sp³-hybridized carbons (Fsp3) is 0.481. The second-order valence-electron chi connectivity index (χ2n) is 11.0. The third-order valence-electron chi connectivity index (χ3n) is 7.48. The molecular weight excluding hydrogens is 442 g/mol. The molecule has 1 aliphatic heterocycles. The van der Waals surface area contributed by atoms with E-state index in [4.69, 9.17) is 20.2 Å². The van der Waals surface area contributed by atoms with Gasteiger partial charge in [-0.15, -0.1) is 0 Å². The molecule has 4 heterocycles. The quantitative estimate of drug-likeness (QED) is 0.492. The van der Waals surface area contributed by atoms with Crippen LogP contribution in [-0.2, 0) is 16.7 Å². The molecule has 3 N–H and O–H groups in total. The van der Waals surface area contributed by atoms with E-state index >= 15 is 0 Å². The molecule has 0 saturated heterocycles. The summed E-state index contributed by atoms with van der Waals surface area (Å²) < 4.78 is 11.6. The predicted molar refractivity (Wildman–Crippen MR) is 133 cm³/mol. The third kappa shape index (κ3) is 4.10. The lowest BCUT2D eigenvalue weighted by atomic mass is 9.68. The first-order valence-electron chi connectivity index (χ1n) is 12.4. The number of cyclic esters (lactones) is 1. The molecule has 2 fully saturated rings. The highest BCUT2D eigenvalue weighted by molar-refractivity contribution is 5.93. The van der Waals surface area contributed by atoms with Crippen LogP contribution in [0.5, 0.6) is 5.88 Å². The molecular formula is C27H31N5O3. The van der Waals surface area contributed by atoms with Gasteiger partial charge in [0.15, 0.2) is 0 Å². The van der Waals surface area contributed by atoms with Gasteiger partial charge in [0.05, 0.1) is 16.6 Å². The molecule has 3 aliphatic rings. The number of carbonyl (C=O) groups is 1. The van der Waals surface area contributed by atoms with Crippen LogP contribution in [0.1, 0.15) is 74.5 Å². The first-order chi connectivity index (χ1) is 16.7. The van der Waals surface area contributed by atoms with Crippen molar-refractivity contribution in [2.24, 2.45) is 11.7 Å². The van der Waals surface area contributed by atoms with Crippen molar-refractivity contribution in [2.75, 3.05) is 5.32 Å². The fourth-order valence-electron chi connectivity index (χ4n) is 5.04. The molecule has 6 rings (SSSR count). The number of fused-ring (bicyclic) bond motifs is 2. The zero-order valence-electron chi connectivity index (χ0n) is 20.4. The monoisotopic (exact) mass is 473 g/mol. The van der Waals surface area contributed by atoms with Crippen LogP contribution in [-0.4, -0.2) is 32.6 Å². The van der Waals surface area contributed by atoms with E-state index < -0.39 is 11.1 Å². The van der Waals surface area contributed by atoms with Gasteiger partial charge in [0.2, 0.25) is 5.88 Å². The Morgan fingerprint density at radius 3 is 2.63 bits per heavy atom. The zero-order valence-corrected chi connectivity index (χ0v) is 20.4. The largest absolute Gasteiger partial charge is 0.474 e. The smallest absolute Gasteiger partial charge is 0.340 e. The maximum Gasteiger partial charge on any atom is 0.340 e. The standard InChI is InChI=1S/C27H31N5O3/c1-26(2)12-21-17(25(33)35-26)9-10-22(31-21)32-23-11-18-19(13-29-23)24(34-16-7-8-16)30-14-20(18)27(3,28)15-5-4-6-15/h9-11,13-16H,4-8,12,28H2,1-3H3,(H,29,31,32)/t27-/m1/s1. The van der Waals surface area contributed by atoms with E-state index in [-0.39, 0.29) is 12.1 Å². The van der Waals surface area contributed by atoms with Crippen molar-refractivity contribution in [1.82, 2.24) is 15.0 Å². The number of hydrogen-bond acceptors (Lipinski definition) is 8. The van der Waals surface area contributed by atoms with Gasteiger partial charge in [0.1, 0.15) is 23.3 Å². The van der Waals surface area contributed by atoms with Crippen molar-refractivity contribution in [3.63, 3.8) is 0 Å². The summed E-state index contributed by atoms with van der Waals surface area (Å²) in [5.41, 5.74) is 8.09. The average Bonchev–Trinajstić information content (AvgIpc) is 3.55. The van der Waals surface area contributed by atoms with Crippen LogP contribution >= 0.6 is 0 Å². The number of aromatic nitrogens is 3. The number of hydrogen-bond donors (Lipinski definition) is 2. The highest BCUT2D eigenvalue weighted by Gasteiger charge is 2.38. The van der Waals surface area contributed by atoms with Crippen LogP contribution in [0.2, 0.25) is 0 Å². The SMILES string of the molecule is CC1(C)Cc2nc(Nc3cc4c([C@](C)(N)C5CCC5)cnc(OC5CC5)c4cn3)ccc2C(=O)O1. The minimum absolute atomic E-state index is 0.237. The maximum absolute atomic E-state index is 12.3. The average molecular weight is 474 g/mol. The molecule has 8 heteroatoms. The van der Waals surface area contributed by atoms with E-state index in [0.29, 0.717) is 35.4 Å². The lowest BCUT2D eigenvalue weighted by molar-refractivity contribution is -0.00714. The van der Waals surface area contributed by atoms with Gasteiger partial charge in [-0.25, -0.2) is 19.7 Å². The lowest BCUT2D eigenvalue weighted by Crippen LogP contribution is -2.44. The number of carbonyl (C=O) groups excluding carboxylic acids is 1. The molecule has 0 unspecified atom stereocenters. The number of nitrogens with zero attached hydrogens (tertiary/aromatic N) is 3. The Morgan fingerprint density at radius 1 is 1.11 bits per heavy atom. The Hall–Kier alpha value is -3.26. The van der Waals surface area contributed by atoms with Crippen molar-refractivity contribution < 1.29 is 14.3 Å². The first-order valence-corrected chi connectivity index (χ1v) is 12.4. The molecule has 182 valence electrons. The van der Waals surface area contributed by atoms with Crippen molar-refractivity contribution in [3.8, 4) is 5.88 Å². The number of anilines is 2. The van der Waals surface area contributed by atoms with Crippen LogP contribution in [0.15, 0.2) is 30.6 Å². The van der Waals surface area contributed by atoms with Gasteiger partial charge in [-0.2, -0.15) is 0 Å². The third-order valence-corrected chi connectivity index (χ3v) is 7.48. The van der Waals surface area contributed by atoms with Gasteiger partial charge < -0.3 is 20.5 Å². The Morgan fingerprint density at radius 2 is 1.91 bits per heavy atom. The first kappa shape index (κ1) is 22.2. The molecule has 1 atom stereocenters. The molecule has 0 radical (unpaired) electrons. The summed E-state index contributed by atoms with van der Waals surface area (Å²) in [6.45, 7) is 5.89. The van der Waals surface area contributed by atoms with Gasteiger partial charge in [0, 0.05) is 24.4 Å². The van der Waals surface area contributed by atoms with Crippen LogP contribution < -0.4 is 15.8 Å². The van der Waals surface area contributed by atoms with Crippen molar-refractivity contribution in [1.29, 1.82) is 0 Å². The summed E-state index contributed by atoms with van der Waals surface area (Å²) in [7, 11) is 0. The van der Waals surface area contributed by atoms with Gasteiger partial charge in [0.25, 0.3) is 0 Å². The number of nitrogens with two attached hydrogens (primary N) is 1. The number of esters is 1. The molecule has 8 nitrogen and oxygen atoms in total. The normalized spacial score (nSPS) is 21.0. The highest BCUT2D eigenvalue weighted by Crippen LogP contribution is 2.44. The van der Waals surface area contributed by atoms with Crippen LogP contribution in [0.4, 0.5) is 11.6 Å². The van der Waals surface area contributed by atoms with Crippen molar-refractivity contribution in [2.45, 2.75) is 76.5 Å². The Kier molecular flexibility index (Phi) is 5.00. The number of nitrogens with one attached hydrogen (secondary N) is 1. The van der Waals surface area contributed by atoms with Gasteiger partial charge in [-0.05, 0) is 81.5 Å². The van der Waals surface area contributed by atoms with Crippen molar-refractivity contribution >= 4 is 28.4 Å². The molecule has 0 aromatic carbocycles. The Balaban J connectivity index is 1.38. The minimum atomic E-state index is -0.579. The molecule has 2 aliphatic carbocycles. The van der Waals surface area contributed by atoms with Crippen LogP contribution in [0.3, 0.4) is 0 Å². The van der Waals surface area contributed by atoms with Gasteiger partial charge >= 0.3 is 5.97 Å². The van der Waals surface area contributed by atoms with E-state index in [1.807, 2.05) is 32.3 Å². The molecule has 0 spiro atoms. The predicted octanol–water partition coefficient (Wildman–Crippen LogP) is 4.78. The number of ether oxygens (including phenoxy) is 2. The summed E-state index contributed by atoms with van der Waals surface area (Å²) in [6.07, 6.45) is 10.1. The summed E-state index contributed by atoms with van der Waals surface area (Å²) in [4.78, 5) is 26.3. The Bertz CT molecular complexity index is 1330. The molecule has 0 bridgehead atoms. The summed E-state index contributed by atoms with van der Waals surface area (Å²) >= 11 is 0. The van der Waals surface area contributed by atoms with E-state index in [0.717, 1.165) is 47.7 Å². The summed E-state index contributed by atoms with van der Waals surface area (Å²) in [6, 6.07) is 5.55. The van der Waals surface area contributed by atoms with Crippen molar-refractivity contribution in [3.05, 3.63) is 47.4 Å². The topological polar surface area (TPSA) is 112 Å². The second kappa shape index (κ2) is 7.88. The highest BCUT2D eigenvalue weighted by atomic mass is 16.6. The maximum atomic E-state index is 12.3. The van der Waals surface area contributed by atoms with E-state index in [2.05, 4.69) is 22.2 Å². The fourth-order valence-corrected chi connectivity index (χ4v) is 5.04. The summed E-state index contributed by atoms with van der Waals surface area (Å²) in [5, 5.41) is 5.19. The second-order valence-corrected chi connectivity index (χ2v) is 11.0. The summed E-state index contributed by atoms with van der Waals surface area (Å²) in [5.74, 6) is 1.98. The Labute approximate surface area is 204 Å². The molecule has 35 heavy (non-hydrogen) atoms. The van der Waals surface area contributed by atoms with Crippen LogP contribution in [0.25, 0.3) is 10.8 Å². The van der Waals surface area contributed by atoms with Gasteiger partial charge in [-0.1, -0.05) is 6.42 Å². The molecule has 3 aromatic heterocycles. The van der Waals surface area contributed by atoms with Crippen LogP contribution in [0, 0.1) is 5.92 Å². The number of rotatable bonds is 6. The molecule has 3 aromatic rings. The van der Waals surface area contributed by atoms with E-state index in [9.17, 15) is 4.79 Å². The lowest BCUT2D eigenvalue weighted by Gasteiger charge is -2.41. The van der Waals surface area contributed by atoms with Gasteiger partial charge in [-0.3, -0.25) is 0 Å². The molecule has 0 amide bonds.